The maximum absolute atomic E-state index is 12.9. The van der Waals surface area contributed by atoms with Crippen LogP contribution >= 0.6 is 23.1 Å². The summed E-state index contributed by atoms with van der Waals surface area (Å²) in [7, 11) is 1.77. The van der Waals surface area contributed by atoms with Crippen molar-refractivity contribution in [3.63, 3.8) is 0 Å². The van der Waals surface area contributed by atoms with Crippen LogP contribution in [0, 0.1) is 5.92 Å². The molecule has 5 nitrogen and oxygen atoms in total. The summed E-state index contributed by atoms with van der Waals surface area (Å²) in [6.45, 7) is 2.67. The first kappa shape index (κ1) is 19.0. The summed E-state index contributed by atoms with van der Waals surface area (Å²) in [5.41, 5.74) is 1.23. The van der Waals surface area contributed by atoms with Gasteiger partial charge >= 0.3 is 0 Å². The van der Waals surface area contributed by atoms with Crippen molar-refractivity contribution >= 4 is 39.2 Å². The fourth-order valence-corrected chi connectivity index (χ4v) is 6.40. The Kier molecular flexibility index (Phi) is 5.60. The monoisotopic (exact) mass is 405 g/mol. The second-order valence-electron chi connectivity index (χ2n) is 7.81. The van der Waals surface area contributed by atoms with Crippen LogP contribution in [0.2, 0.25) is 0 Å². The van der Waals surface area contributed by atoms with Gasteiger partial charge in [-0.05, 0) is 50.5 Å². The minimum absolute atomic E-state index is 0.0247. The topological polar surface area (TPSA) is 64.0 Å². The van der Waals surface area contributed by atoms with Crippen molar-refractivity contribution in [2.75, 3.05) is 6.54 Å². The Hall–Kier alpha value is -1.34. The van der Waals surface area contributed by atoms with Gasteiger partial charge in [0.15, 0.2) is 5.16 Å². The van der Waals surface area contributed by atoms with Gasteiger partial charge in [-0.1, -0.05) is 31.0 Å². The quantitative estimate of drug-likeness (QED) is 0.609. The number of rotatable bonds is 5. The summed E-state index contributed by atoms with van der Waals surface area (Å²) in [6.07, 6.45) is 9.50. The number of amides is 1. The zero-order chi connectivity index (χ0) is 19.0. The Morgan fingerprint density at radius 2 is 2.07 bits per heavy atom. The third-order valence-corrected chi connectivity index (χ3v) is 8.18. The van der Waals surface area contributed by atoms with E-state index in [-0.39, 0.29) is 16.7 Å². The first-order valence-electron chi connectivity index (χ1n) is 10.00. The van der Waals surface area contributed by atoms with Crippen molar-refractivity contribution in [2.45, 2.75) is 68.7 Å². The van der Waals surface area contributed by atoms with Gasteiger partial charge < -0.3 is 5.32 Å². The van der Waals surface area contributed by atoms with Crippen LogP contribution in [0.25, 0.3) is 10.2 Å². The normalized spacial score (nSPS) is 18.6. The Bertz CT molecular complexity index is 912. The zero-order valence-electron chi connectivity index (χ0n) is 16.0. The molecule has 0 aliphatic heterocycles. The molecule has 1 fully saturated rings. The van der Waals surface area contributed by atoms with E-state index in [1.807, 2.05) is 6.92 Å². The van der Waals surface area contributed by atoms with Gasteiger partial charge in [-0.25, -0.2) is 4.98 Å². The van der Waals surface area contributed by atoms with E-state index in [1.54, 1.807) is 23.0 Å². The molecule has 0 bridgehead atoms. The zero-order valence-corrected chi connectivity index (χ0v) is 17.7. The molecule has 146 valence electrons. The van der Waals surface area contributed by atoms with Crippen molar-refractivity contribution in [1.29, 1.82) is 0 Å². The summed E-state index contributed by atoms with van der Waals surface area (Å²) in [5, 5.41) is 4.27. The van der Waals surface area contributed by atoms with E-state index in [9.17, 15) is 9.59 Å². The van der Waals surface area contributed by atoms with Gasteiger partial charge in [0.2, 0.25) is 5.91 Å². The van der Waals surface area contributed by atoms with Gasteiger partial charge in [-0.2, -0.15) is 0 Å². The molecule has 27 heavy (non-hydrogen) atoms. The van der Waals surface area contributed by atoms with Crippen LogP contribution < -0.4 is 10.9 Å². The van der Waals surface area contributed by atoms with E-state index in [0.29, 0.717) is 11.1 Å². The third-order valence-electron chi connectivity index (χ3n) is 5.85. The molecular weight excluding hydrogens is 378 g/mol. The Morgan fingerprint density at radius 1 is 1.30 bits per heavy atom. The molecule has 0 unspecified atom stereocenters. The lowest BCUT2D eigenvalue weighted by atomic mass is 9.89. The lowest BCUT2D eigenvalue weighted by Gasteiger charge is -2.22. The Labute approximate surface area is 167 Å². The fourth-order valence-electron chi connectivity index (χ4n) is 4.20. The molecule has 1 atom stereocenters. The molecule has 2 aliphatic carbocycles. The largest absolute Gasteiger partial charge is 0.355 e. The van der Waals surface area contributed by atoms with E-state index < -0.39 is 0 Å². The molecule has 0 spiro atoms. The van der Waals surface area contributed by atoms with E-state index in [1.165, 1.54) is 54.3 Å². The van der Waals surface area contributed by atoms with Crippen molar-refractivity contribution in [2.24, 2.45) is 13.0 Å². The molecule has 2 aromatic heterocycles. The molecular formula is C20H27N3O2S2. The standard InChI is InChI=1S/C20H27N3O2S2/c1-12(17(24)21-11-13-7-4-3-5-8-13)26-20-22-18-16(19(25)23(20)2)14-9-6-10-15(14)27-18/h12-13H,3-11H2,1-2H3,(H,21,24)/t12-/m0/s1. The minimum atomic E-state index is -0.268. The lowest BCUT2D eigenvalue weighted by molar-refractivity contribution is -0.120. The summed E-state index contributed by atoms with van der Waals surface area (Å²) < 4.78 is 1.61. The first-order chi connectivity index (χ1) is 13.0. The second kappa shape index (κ2) is 7.95. The average molecular weight is 406 g/mol. The minimum Gasteiger partial charge on any atom is -0.355 e. The first-order valence-corrected chi connectivity index (χ1v) is 11.7. The van der Waals surface area contributed by atoms with Gasteiger partial charge in [-0.3, -0.25) is 14.2 Å². The number of hydrogen-bond donors (Lipinski definition) is 1. The molecule has 7 heteroatoms. The molecule has 2 aliphatic rings. The highest BCUT2D eigenvalue weighted by molar-refractivity contribution is 8.00. The average Bonchev–Trinajstić information content (AvgIpc) is 3.25. The highest BCUT2D eigenvalue weighted by Crippen LogP contribution is 2.35. The van der Waals surface area contributed by atoms with E-state index in [4.69, 9.17) is 4.98 Å². The summed E-state index contributed by atoms with van der Waals surface area (Å²) in [5.74, 6) is 0.654. The highest BCUT2D eigenvalue weighted by Gasteiger charge is 2.24. The Balaban J connectivity index is 1.46. The maximum Gasteiger partial charge on any atom is 0.262 e. The summed E-state index contributed by atoms with van der Waals surface area (Å²) in [6, 6.07) is 0. The van der Waals surface area contributed by atoms with Crippen LogP contribution in [0.5, 0.6) is 0 Å². The molecule has 2 aromatic rings. The van der Waals surface area contributed by atoms with E-state index in [0.717, 1.165) is 36.0 Å². The predicted octanol–water partition coefficient (Wildman–Crippen LogP) is 3.66. The van der Waals surface area contributed by atoms with Crippen molar-refractivity contribution in [1.82, 2.24) is 14.9 Å². The van der Waals surface area contributed by atoms with Crippen LogP contribution in [0.3, 0.4) is 0 Å². The molecule has 0 radical (unpaired) electrons. The number of hydrogen-bond acceptors (Lipinski definition) is 5. The molecule has 1 amide bonds. The number of nitrogens with zero attached hydrogens (tertiary/aromatic N) is 2. The van der Waals surface area contributed by atoms with Crippen molar-refractivity contribution in [3.05, 3.63) is 20.8 Å². The van der Waals surface area contributed by atoms with Gasteiger partial charge in [0.05, 0.1) is 10.6 Å². The van der Waals surface area contributed by atoms with E-state index >= 15 is 0 Å². The molecule has 4 rings (SSSR count). The molecule has 1 N–H and O–H groups in total. The van der Waals surface area contributed by atoms with Crippen LogP contribution in [0.1, 0.15) is 55.9 Å². The summed E-state index contributed by atoms with van der Waals surface area (Å²) >= 11 is 3.03. The van der Waals surface area contributed by atoms with Crippen LogP contribution in [-0.2, 0) is 24.7 Å². The van der Waals surface area contributed by atoms with Crippen LogP contribution in [-0.4, -0.2) is 27.3 Å². The fraction of sp³-hybridized carbons (Fsp3) is 0.650. The molecule has 0 saturated heterocycles. The van der Waals surface area contributed by atoms with Gasteiger partial charge in [0, 0.05) is 18.5 Å². The second-order valence-corrected chi connectivity index (χ2v) is 10.2. The van der Waals surface area contributed by atoms with Crippen LogP contribution in [0.15, 0.2) is 9.95 Å². The van der Waals surface area contributed by atoms with Crippen LogP contribution in [0.4, 0.5) is 0 Å². The number of carbonyl (C=O) groups excluding carboxylic acids is 1. The molecule has 1 saturated carbocycles. The maximum atomic E-state index is 12.9. The smallest absolute Gasteiger partial charge is 0.262 e. The number of aromatic nitrogens is 2. The third kappa shape index (κ3) is 3.81. The number of thioether (sulfide) groups is 1. The predicted molar refractivity (Wildman–Crippen MR) is 112 cm³/mol. The Morgan fingerprint density at radius 3 is 2.85 bits per heavy atom. The molecule has 0 aromatic carbocycles. The van der Waals surface area contributed by atoms with Crippen molar-refractivity contribution < 1.29 is 4.79 Å². The number of aryl methyl sites for hydroxylation is 2. The van der Waals surface area contributed by atoms with Gasteiger partial charge in [0.25, 0.3) is 5.56 Å². The number of carbonyl (C=O) groups is 1. The SMILES string of the molecule is C[C@H](Sc1nc2sc3c(c2c(=O)n1C)CCC3)C(=O)NCC1CCCCC1. The highest BCUT2D eigenvalue weighted by atomic mass is 32.2. The number of thiophene rings is 1. The summed E-state index contributed by atoms with van der Waals surface area (Å²) in [4.78, 5) is 32.3. The van der Waals surface area contributed by atoms with Crippen molar-refractivity contribution in [3.8, 4) is 0 Å². The number of nitrogens with one attached hydrogen (secondary N) is 1. The molecule has 2 heterocycles. The number of fused-ring (bicyclic) bond motifs is 3. The van der Waals surface area contributed by atoms with Gasteiger partial charge in [-0.15, -0.1) is 11.3 Å². The van der Waals surface area contributed by atoms with Gasteiger partial charge in [0.1, 0.15) is 4.83 Å². The lowest BCUT2D eigenvalue weighted by Crippen LogP contribution is -2.35. The van der Waals surface area contributed by atoms with E-state index in [2.05, 4.69) is 5.32 Å².